The molecule has 1 aliphatic heterocycles. The van der Waals surface area contributed by atoms with E-state index in [0.29, 0.717) is 12.3 Å². The second-order valence-electron chi connectivity index (χ2n) is 5.50. The van der Waals surface area contributed by atoms with E-state index in [-0.39, 0.29) is 12.1 Å². The maximum atomic E-state index is 11.8. The lowest BCUT2D eigenvalue weighted by Gasteiger charge is -2.39. The van der Waals surface area contributed by atoms with Gasteiger partial charge >= 0.3 is 5.97 Å². The third-order valence-corrected chi connectivity index (χ3v) is 4.29. The van der Waals surface area contributed by atoms with E-state index in [1.807, 2.05) is 18.2 Å². The molecular formula is C17H20O3. The Morgan fingerprint density at radius 3 is 2.85 bits per heavy atom. The van der Waals surface area contributed by atoms with Crippen molar-refractivity contribution >= 4 is 5.97 Å². The molecule has 3 nitrogen and oxygen atoms in total. The smallest absolute Gasteiger partial charge is 0.335 e. The molecule has 106 valence electrons. The summed E-state index contributed by atoms with van der Waals surface area (Å²) in [5, 5.41) is 0. The first-order chi connectivity index (χ1) is 9.79. The van der Waals surface area contributed by atoms with Crippen molar-refractivity contribution in [2.45, 2.75) is 37.9 Å². The predicted molar refractivity (Wildman–Crippen MR) is 76.1 cm³/mol. The normalized spacial score (nSPS) is 29.2. The largest absolute Gasteiger partial charge is 0.467 e. The Morgan fingerprint density at radius 2 is 2.10 bits per heavy atom. The van der Waals surface area contributed by atoms with E-state index in [2.05, 4.69) is 18.2 Å². The minimum atomic E-state index is -0.467. The van der Waals surface area contributed by atoms with Gasteiger partial charge in [-0.25, -0.2) is 4.79 Å². The van der Waals surface area contributed by atoms with Crippen LogP contribution in [0.5, 0.6) is 0 Å². The zero-order valence-corrected chi connectivity index (χ0v) is 11.7. The SMILES string of the molecule is COC(=O)[C@H]1CC2=CCCC[C@@H]2[C@@H](c2ccccc2)O1. The summed E-state index contributed by atoms with van der Waals surface area (Å²) in [4.78, 5) is 11.8. The van der Waals surface area contributed by atoms with Gasteiger partial charge in [-0.2, -0.15) is 0 Å². The number of benzene rings is 1. The van der Waals surface area contributed by atoms with Gasteiger partial charge in [-0.1, -0.05) is 42.0 Å². The van der Waals surface area contributed by atoms with Crippen molar-refractivity contribution < 1.29 is 14.3 Å². The van der Waals surface area contributed by atoms with E-state index >= 15 is 0 Å². The summed E-state index contributed by atoms with van der Waals surface area (Å²) in [5.74, 6) is 0.142. The summed E-state index contributed by atoms with van der Waals surface area (Å²) >= 11 is 0. The minimum absolute atomic E-state index is 0.0272. The Morgan fingerprint density at radius 1 is 1.30 bits per heavy atom. The number of allylic oxidation sites excluding steroid dienone is 1. The van der Waals surface area contributed by atoms with Crippen LogP contribution < -0.4 is 0 Å². The Labute approximate surface area is 119 Å². The molecule has 0 unspecified atom stereocenters. The summed E-state index contributed by atoms with van der Waals surface area (Å²) in [5.41, 5.74) is 2.52. The molecule has 1 aromatic rings. The van der Waals surface area contributed by atoms with Crippen LogP contribution in [-0.2, 0) is 14.3 Å². The number of rotatable bonds is 2. The molecule has 3 rings (SSSR count). The van der Waals surface area contributed by atoms with Crippen molar-refractivity contribution in [3.05, 3.63) is 47.5 Å². The first kappa shape index (κ1) is 13.4. The van der Waals surface area contributed by atoms with Gasteiger partial charge in [0.05, 0.1) is 13.2 Å². The summed E-state index contributed by atoms with van der Waals surface area (Å²) in [6, 6.07) is 10.2. The topological polar surface area (TPSA) is 35.5 Å². The maximum absolute atomic E-state index is 11.8. The van der Waals surface area contributed by atoms with Crippen molar-refractivity contribution in [3.8, 4) is 0 Å². The summed E-state index contributed by atoms with van der Waals surface area (Å²) in [7, 11) is 1.42. The fourth-order valence-electron chi connectivity index (χ4n) is 3.30. The van der Waals surface area contributed by atoms with Gasteiger partial charge in [0.25, 0.3) is 0 Å². The molecule has 1 aliphatic carbocycles. The van der Waals surface area contributed by atoms with Gasteiger partial charge in [0, 0.05) is 12.3 Å². The van der Waals surface area contributed by atoms with E-state index in [4.69, 9.17) is 9.47 Å². The second kappa shape index (κ2) is 5.80. The fourth-order valence-corrected chi connectivity index (χ4v) is 3.30. The number of hydrogen-bond donors (Lipinski definition) is 0. The van der Waals surface area contributed by atoms with E-state index in [9.17, 15) is 4.79 Å². The highest BCUT2D eigenvalue weighted by Gasteiger charge is 2.39. The number of esters is 1. The van der Waals surface area contributed by atoms with Gasteiger partial charge in [0.2, 0.25) is 0 Å². The summed E-state index contributed by atoms with van der Waals surface area (Å²) in [6.07, 6.45) is 5.93. The first-order valence-corrected chi connectivity index (χ1v) is 7.26. The third kappa shape index (κ3) is 2.50. The van der Waals surface area contributed by atoms with Crippen LogP contribution in [0.2, 0.25) is 0 Å². The van der Waals surface area contributed by atoms with Crippen molar-refractivity contribution in [1.29, 1.82) is 0 Å². The molecule has 1 fully saturated rings. The van der Waals surface area contributed by atoms with E-state index in [1.165, 1.54) is 19.1 Å². The molecule has 0 spiro atoms. The highest BCUT2D eigenvalue weighted by Crippen LogP contribution is 2.44. The van der Waals surface area contributed by atoms with Crippen LogP contribution in [-0.4, -0.2) is 19.2 Å². The predicted octanol–water partition coefficient (Wildman–Crippen LogP) is 3.42. The van der Waals surface area contributed by atoms with Gasteiger partial charge in [-0.3, -0.25) is 0 Å². The Balaban J connectivity index is 1.91. The first-order valence-electron chi connectivity index (χ1n) is 7.26. The molecular weight excluding hydrogens is 252 g/mol. The Hall–Kier alpha value is -1.61. The summed E-state index contributed by atoms with van der Waals surface area (Å²) < 4.78 is 10.9. The van der Waals surface area contributed by atoms with Crippen LogP contribution in [0.1, 0.15) is 37.4 Å². The van der Waals surface area contributed by atoms with Crippen LogP contribution >= 0.6 is 0 Å². The van der Waals surface area contributed by atoms with Crippen LogP contribution in [0.4, 0.5) is 0 Å². The van der Waals surface area contributed by atoms with E-state index < -0.39 is 6.10 Å². The molecule has 0 bridgehead atoms. The van der Waals surface area contributed by atoms with Gasteiger partial charge in [-0.05, 0) is 24.8 Å². The van der Waals surface area contributed by atoms with Crippen molar-refractivity contribution in [3.63, 3.8) is 0 Å². The van der Waals surface area contributed by atoms with Crippen LogP contribution in [0.25, 0.3) is 0 Å². The maximum Gasteiger partial charge on any atom is 0.335 e. The quantitative estimate of drug-likeness (QED) is 0.611. The zero-order chi connectivity index (χ0) is 13.9. The average molecular weight is 272 g/mol. The molecule has 0 N–H and O–H groups in total. The highest BCUT2D eigenvalue weighted by molar-refractivity contribution is 5.75. The van der Waals surface area contributed by atoms with E-state index in [0.717, 1.165) is 18.4 Å². The lowest BCUT2D eigenvalue weighted by Crippen LogP contribution is -2.37. The van der Waals surface area contributed by atoms with Gasteiger partial charge in [0.15, 0.2) is 6.10 Å². The molecule has 3 heteroatoms. The lowest BCUT2D eigenvalue weighted by atomic mass is 9.77. The monoisotopic (exact) mass is 272 g/mol. The highest BCUT2D eigenvalue weighted by atomic mass is 16.6. The molecule has 0 amide bonds. The van der Waals surface area contributed by atoms with Crippen LogP contribution in [0.15, 0.2) is 42.0 Å². The fraction of sp³-hybridized carbons (Fsp3) is 0.471. The molecule has 0 radical (unpaired) electrons. The Bertz CT molecular complexity index is 506. The van der Waals surface area contributed by atoms with Crippen molar-refractivity contribution in [2.75, 3.05) is 7.11 Å². The average Bonchev–Trinajstić information content (AvgIpc) is 2.54. The minimum Gasteiger partial charge on any atom is -0.467 e. The third-order valence-electron chi connectivity index (χ3n) is 4.29. The van der Waals surface area contributed by atoms with Crippen LogP contribution in [0, 0.1) is 5.92 Å². The molecule has 1 heterocycles. The molecule has 20 heavy (non-hydrogen) atoms. The van der Waals surface area contributed by atoms with Gasteiger partial charge in [0.1, 0.15) is 0 Å². The molecule has 3 atom stereocenters. The molecule has 1 saturated heterocycles. The molecule has 0 aromatic heterocycles. The van der Waals surface area contributed by atoms with Crippen LogP contribution in [0.3, 0.4) is 0 Å². The number of ether oxygens (including phenoxy) is 2. The Kier molecular flexibility index (Phi) is 3.88. The number of methoxy groups -OCH3 is 1. The number of fused-ring (bicyclic) bond motifs is 1. The lowest BCUT2D eigenvalue weighted by molar-refractivity contribution is -0.164. The standard InChI is InChI=1S/C17H20O3/c1-19-17(18)15-11-13-9-5-6-10-14(13)16(20-15)12-7-3-2-4-8-12/h2-4,7-9,14-16H,5-6,10-11H2,1H3/t14-,15+,16+/m0/s1. The van der Waals surface area contributed by atoms with Gasteiger partial charge in [-0.15, -0.1) is 0 Å². The summed E-state index contributed by atoms with van der Waals surface area (Å²) in [6.45, 7) is 0. The number of hydrogen-bond acceptors (Lipinski definition) is 3. The second-order valence-corrected chi connectivity index (χ2v) is 5.50. The molecule has 1 aromatic carbocycles. The number of carbonyl (C=O) groups is 1. The molecule has 0 saturated carbocycles. The molecule has 2 aliphatic rings. The zero-order valence-electron chi connectivity index (χ0n) is 11.7. The van der Waals surface area contributed by atoms with E-state index in [1.54, 1.807) is 0 Å². The van der Waals surface area contributed by atoms with Crippen molar-refractivity contribution in [1.82, 2.24) is 0 Å². The number of carbonyl (C=O) groups excluding carboxylic acids is 1. The van der Waals surface area contributed by atoms with Crippen molar-refractivity contribution in [2.24, 2.45) is 5.92 Å². The van der Waals surface area contributed by atoms with Gasteiger partial charge < -0.3 is 9.47 Å².